The van der Waals surface area contributed by atoms with Crippen LogP contribution in [0.2, 0.25) is 0 Å². The summed E-state index contributed by atoms with van der Waals surface area (Å²) in [6.45, 7) is 7.00. The second-order valence-electron chi connectivity index (χ2n) is 5.26. The lowest BCUT2D eigenvalue weighted by Crippen LogP contribution is -2.59. The minimum atomic E-state index is -1.60. The van der Waals surface area contributed by atoms with Gasteiger partial charge in [0.15, 0.2) is 0 Å². The molecule has 0 radical (unpaired) electrons. The number of rotatable bonds is 11. The second-order valence-corrected chi connectivity index (χ2v) is 5.26. The summed E-state index contributed by atoms with van der Waals surface area (Å²) < 4.78 is 32.7. The number of aliphatic hydroxyl groups is 1. The number of hydrogen-bond donors (Lipinski definition) is 1. The number of ether oxygens (including phenoxy) is 6. The highest BCUT2D eigenvalue weighted by atomic mass is 16.7. The van der Waals surface area contributed by atoms with Crippen LogP contribution in [0.5, 0.6) is 0 Å². The minimum absolute atomic E-state index is 0.389. The van der Waals surface area contributed by atoms with E-state index >= 15 is 0 Å². The van der Waals surface area contributed by atoms with Gasteiger partial charge in [-0.3, -0.25) is 0 Å². The molecule has 0 saturated carbocycles. The Morgan fingerprint density at radius 1 is 0.636 bits per heavy atom. The van der Waals surface area contributed by atoms with Gasteiger partial charge in [-0.2, -0.15) is 0 Å². The monoisotopic (exact) mass is 324 g/mol. The predicted octanol–water partition coefficient (Wildman–Crippen LogP) is 1.17. The van der Waals surface area contributed by atoms with Gasteiger partial charge in [-0.25, -0.2) is 0 Å². The van der Waals surface area contributed by atoms with Crippen LogP contribution in [-0.2, 0) is 28.4 Å². The van der Waals surface area contributed by atoms with E-state index in [1.54, 1.807) is 27.9 Å². The third kappa shape index (κ3) is 4.17. The zero-order valence-electron chi connectivity index (χ0n) is 15.2. The van der Waals surface area contributed by atoms with Crippen molar-refractivity contribution in [3.05, 3.63) is 0 Å². The molecule has 0 rings (SSSR count). The Balaban J connectivity index is 5.25. The van der Waals surface area contributed by atoms with Gasteiger partial charge in [0.25, 0.3) is 0 Å². The molecule has 0 aromatic carbocycles. The van der Waals surface area contributed by atoms with Crippen molar-refractivity contribution in [2.75, 3.05) is 35.5 Å². The maximum absolute atomic E-state index is 10.6. The quantitative estimate of drug-likeness (QED) is 0.572. The van der Waals surface area contributed by atoms with Gasteiger partial charge in [0.1, 0.15) is 24.4 Å². The van der Waals surface area contributed by atoms with Crippen molar-refractivity contribution >= 4 is 0 Å². The summed E-state index contributed by atoms with van der Waals surface area (Å²) in [6, 6.07) is 0. The van der Waals surface area contributed by atoms with Crippen molar-refractivity contribution in [3.63, 3.8) is 0 Å². The van der Waals surface area contributed by atoms with E-state index in [-0.39, 0.29) is 6.10 Å². The summed E-state index contributed by atoms with van der Waals surface area (Å²) in [5.74, 6) is -2.72. The van der Waals surface area contributed by atoms with E-state index in [1.165, 1.54) is 28.4 Å². The van der Waals surface area contributed by atoms with Gasteiger partial charge in [-0.1, -0.05) is 0 Å². The molecule has 0 aliphatic rings. The molecule has 0 saturated heterocycles. The summed E-state index contributed by atoms with van der Waals surface area (Å²) in [6.07, 6.45) is -2.21. The molecule has 0 bridgehead atoms. The fourth-order valence-electron chi connectivity index (χ4n) is 2.57. The average Bonchev–Trinajstić information content (AvgIpc) is 2.54. The first-order valence-corrected chi connectivity index (χ1v) is 7.28. The van der Waals surface area contributed by atoms with E-state index in [0.29, 0.717) is 0 Å². The van der Waals surface area contributed by atoms with Crippen molar-refractivity contribution < 1.29 is 33.5 Å². The van der Waals surface area contributed by atoms with Crippen LogP contribution in [0.4, 0.5) is 0 Å². The highest BCUT2D eigenvalue weighted by Gasteiger charge is 2.48. The lowest BCUT2D eigenvalue weighted by Gasteiger charge is -2.43. The lowest BCUT2D eigenvalue weighted by molar-refractivity contribution is -0.346. The molecule has 134 valence electrons. The standard InChI is InChI=1S/C15H32O7/c1-10(17-5)14(16,19-7)11(2)22-13(4)15(20-8,21-9)12(3)18-6/h10-13,16H,1-9H3. The topological polar surface area (TPSA) is 75.6 Å². The van der Waals surface area contributed by atoms with Gasteiger partial charge in [-0.15, -0.1) is 0 Å². The minimum Gasteiger partial charge on any atom is -0.376 e. The van der Waals surface area contributed by atoms with Crippen molar-refractivity contribution in [2.24, 2.45) is 0 Å². The Kier molecular flexibility index (Phi) is 9.01. The number of hydrogen-bond acceptors (Lipinski definition) is 7. The Labute approximate surface area is 133 Å². The molecule has 0 fully saturated rings. The Morgan fingerprint density at radius 3 is 1.41 bits per heavy atom. The molecule has 5 atom stereocenters. The normalized spacial score (nSPS) is 21.0. The highest BCUT2D eigenvalue weighted by molar-refractivity contribution is 4.88. The van der Waals surface area contributed by atoms with Gasteiger partial charge in [0.05, 0.1) is 0 Å². The van der Waals surface area contributed by atoms with E-state index in [4.69, 9.17) is 28.4 Å². The van der Waals surface area contributed by atoms with E-state index < -0.39 is 29.9 Å². The fraction of sp³-hybridized carbons (Fsp3) is 1.00. The summed E-state index contributed by atoms with van der Waals surface area (Å²) in [5.41, 5.74) is 0. The molecule has 0 aliphatic heterocycles. The molecular formula is C15H32O7. The highest BCUT2D eigenvalue weighted by Crippen LogP contribution is 2.30. The molecule has 0 aliphatic carbocycles. The molecule has 7 nitrogen and oxygen atoms in total. The van der Waals surface area contributed by atoms with Gasteiger partial charge < -0.3 is 33.5 Å². The first-order valence-electron chi connectivity index (χ1n) is 7.28. The van der Waals surface area contributed by atoms with E-state index in [1.807, 2.05) is 6.92 Å². The molecule has 22 heavy (non-hydrogen) atoms. The Bertz CT molecular complexity index is 308. The second kappa shape index (κ2) is 9.12. The molecular weight excluding hydrogens is 292 g/mol. The zero-order valence-corrected chi connectivity index (χ0v) is 15.2. The number of methoxy groups -OCH3 is 5. The molecule has 5 unspecified atom stereocenters. The third-order valence-corrected chi connectivity index (χ3v) is 4.38. The molecule has 1 N–H and O–H groups in total. The maximum atomic E-state index is 10.6. The summed E-state index contributed by atoms with van der Waals surface area (Å²) in [7, 11) is 7.49. The van der Waals surface area contributed by atoms with Crippen LogP contribution in [0.25, 0.3) is 0 Å². The molecule has 0 aromatic rings. The van der Waals surface area contributed by atoms with Gasteiger partial charge >= 0.3 is 0 Å². The van der Waals surface area contributed by atoms with E-state index in [0.717, 1.165) is 0 Å². The smallest absolute Gasteiger partial charge is 0.220 e. The van der Waals surface area contributed by atoms with Gasteiger partial charge in [-0.05, 0) is 27.7 Å². The van der Waals surface area contributed by atoms with Crippen molar-refractivity contribution in [1.82, 2.24) is 0 Å². The lowest BCUT2D eigenvalue weighted by atomic mass is 10.0. The maximum Gasteiger partial charge on any atom is 0.220 e. The van der Waals surface area contributed by atoms with Crippen LogP contribution in [-0.4, -0.2) is 76.6 Å². The predicted molar refractivity (Wildman–Crippen MR) is 81.7 cm³/mol. The van der Waals surface area contributed by atoms with Gasteiger partial charge in [0, 0.05) is 35.5 Å². The molecule has 0 heterocycles. The van der Waals surface area contributed by atoms with Crippen LogP contribution in [0, 0.1) is 0 Å². The first kappa shape index (κ1) is 21.7. The SMILES string of the molecule is COC(C)C(O)(OC)C(C)OC(C)C(OC)(OC)C(C)OC. The summed E-state index contributed by atoms with van der Waals surface area (Å²) >= 11 is 0. The average molecular weight is 324 g/mol. The molecule has 0 amide bonds. The van der Waals surface area contributed by atoms with Crippen molar-refractivity contribution in [2.45, 2.75) is 63.7 Å². The van der Waals surface area contributed by atoms with E-state index in [2.05, 4.69) is 0 Å². The van der Waals surface area contributed by atoms with Crippen LogP contribution < -0.4 is 0 Å². The largest absolute Gasteiger partial charge is 0.376 e. The first-order chi connectivity index (χ1) is 10.2. The molecule has 7 heteroatoms. The van der Waals surface area contributed by atoms with Crippen LogP contribution in [0.15, 0.2) is 0 Å². The van der Waals surface area contributed by atoms with Crippen LogP contribution in [0.3, 0.4) is 0 Å². The summed E-state index contributed by atoms with van der Waals surface area (Å²) in [4.78, 5) is 0. The van der Waals surface area contributed by atoms with E-state index in [9.17, 15) is 5.11 Å². The van der Waals surface area contributed by atoms with Crippen molar-refractivity contribution in [3.8, 4) is 0 Å². The van der Waals surface area contributed by atoms with Crippen LogP contribution in [0.1, 0.15) is 27.7 Å². The summed E-state index contributed by atoms with van der Waals surface area (Å²) in [5, 5.41) is 10.6. The van der Waals surface area contributed by atoms with Crippen LogP contribution >= 0.6 is 0 Å². The van der Waals surface area contributed by atoms with Gasteiger partial charge in [0.2, 0.25) is 11.6 Å². The fourth-order valence-corrected chi connectivity index (χ4v) is 2.57. The Morgan fingerprint density at radius 2 is 1.09 bits per heavy atom. The molecule has 0 spiro atoms. The van der Waals surface area contributed by atoms with Crippen molar-refractivity contribution in [1.29, 1.82) is 0 Å². The zero-order chi connectivity index (χ0) is 17.6. The third-order valence-electron chi connectivity index (χ3n) is 4.38. The Hall–Kier alpha value is -0.280. The molecule has 0 aromatic heterocycles.